The number of benzene rings is 4. The molecule has 9 nitrogen and oxygen atoms in total. The lowest BCUT2D eigenvalue weighted by atomic mass is 10.0. The van der Waals surface area contributed by atoms with Gasteiger partial charge in [0.05, 0.1) is 13.5 Å². The molecular formula is C32H28N2O7. The summed E-state index contributed by atoms with van der Waals surface area (Å²) in [6.45, 7) is 0.398. The maximum atomic E-state index is 14.1. The molecule has 2 amide bonds. The Morgan fingerprint density at radius 1 is 0.780 bits per heavy atom. The van der Waals surface area contributed by atoms with Crippen LogP contribution < -0.4 is 29.0 Å². The van der Waals surface area contributed by atoms with Gasteiger partial charge in [0.25, 0.3) is 5.91 Å². The molecule has 0 aliphatic carbocycles. The summed E-state index contributed by atoms with van der Waals surface area (Å²) >= 11 is 0. The summed E-state index contributed by atoms with van der Waals surface area (Å²) in [6, 6.07) is 26.4. The van der Waals surface area contributed by atoms with E-state index in [1.54, 1.807) is 48.4 Å². The van der Waals surface area contributed by atoms with Crippen LogP contribution in [0.5, 0.6) is 28.7 Å². The van der Waals surface area contributed by atoms with E-state index in [2.05, 4.69) is 5.32 Å². The number of ether oxygens (including phenoxy) is 5. The molecule has 1 atom stereocenters. The maximum Gasteiger partial charge on any atom is 0.251 e. The molecule has 2 aliphatic heterocycles. The molecule has 4 aromatic carbocycles. The third-order valence-electron chi connectivity index (χ3n) is 6.94. The molecule has 2 aliphatic rings. The monoisotopic (exact) mass is 552 g/mol. The zero-order chi connectivity index (χ0) is 28.2. The Labute approximate surface area is 237 Å². The molecule has 0 radical (unpaired) electrons. The van der Waals surface area contributed by atoms with Crippen molar-refractivity contribution in [3.05, 3.63) is 108 Å². The van der Waals surface area contributed by atoms with Gasteiger partial charge >= 0.3 is 0 Å². The smallest absolute Gasteiger partial charge is 0.251 e. The Hall–Kier alpha value is -5.18. The molecule has 1 unspecified atom stereocenters. The van der Waals surface area contributed by atoms with Gasteiger partial charge in [0.1, 0.15) is 11.8 Å². The van der Waals surface area contributed by atoms with Gasteiger partial charge in [-0.25, -0.2) is 0 Å². The molecule has 4 aromatic rings. The highest BCUT2D eigenvalue weighted by molar-refractivity contribution is 5.98. The van der Waals surface area contributed by atoms with Crippen LogP contribution in [0.2, 0.25) is 0 Å². The quantitative estimate of drug-likeness (QED) is 0.309. The first-order valence-corrected chi connectivity index (χ1v) is 13.1. The van der Waals surface area contributed by atoms with Gasteiger partial charge < -0.3 is 33.9 Å². The van der Waals surface area contributed by atoms with Crippen LogP contribution in [-0.4, -0.2) is 37.4 Å². The number of carbonyl (C=O) groups excluding carboxylic acids is 2. The molecule has 41 heavy (non-hydrogen) atoms. The van der Waals surface area contributed by atoms with Crippen LogP contribution in [0, 0.1) is 0 Å². The number of carbonyl (C=O) groups is 2. The number of nitrogens with one attached hydrogen (secondary N) is 1. The second-order valence-electron chi connectivity index (χ2n) is 9.60. The summed E-state index contributed by atoms with van der Waals surface area (Å²) in [4.78, 5) is 29.8. The number of hydrogen-bond donors (Lipinski definition) is 1. The number of anilines is 1. The largest absolute Gasteiger partial charge is 0.497 e. The minimum Gasteiger partial charge on any atom is -0.497 e. The van der Waals surface area contributed by atoms with Crippen molar-refractivity contribution in [2.24, 2.45) is 0 Å². The number of nitrogens with zero attached hydrogens (tertiary/aromatic N) is 1. The van der Waals surface area contributed by atoms with Crippen LogP contribution in [-0.2, 0) is 22.6 Å². The van der Waals surface area contributed by atoms with Crippen LogP contribution in [0.4, 0.5) is 5.69 Å². The van der Waals surface area contributed by atoms with Crippen LogP contribution in [0.3, 0.4) is 0 Å². The lowest BCUT2D eigenvalue weighted by Gasteiger charge is -2.32. The minimum absolute atomic E-state index is 0.0926. The van der Waals surface area contributed by atoms with Gasteiger partial charge in [-0.3, -0.25) is 9.59 Å². The number of rotatable bonds is 9. The van der Waals surface area contributed by atoms with Crippen LogP contribution >= 0.6 is 0 Å². The molecule has 9 heteroatoms. The van der Waals surface area contributed by atoms with Gasteiger partial charge in [0, 0.05) is 18.3 Å². The van der Waals surface area contributed by atoms with Crippen molar-refractivity contribution in [2.75, 3.05) is 26.0 Å². The van der Waals surface area contributed by atoms with E-state index in [4.69, 9.17) is 23.7 Å². The van der Waals surface area contributed by atoms with Crippen molar-refractivity contribution in [2.45, 2.75) is 19.0 Å². The summed E-state index contributed by atoms with van der Waals surface area (Å²) in [5.74, 6) is 2.34. The molecule has 0 aromatic heterocycles. The summed E-state index contributed by atoms with van der Waals surface area (Å²) in [5, 5.41) is 2.98. The van der Waals surface area contributed by atoms with Gasteiger partial charge in [0.2, 0.25) is 19.5 Å². The number of amides is 2. The zero-order valence-electron chi connectivity index (χ0n) is 22.4. The maximum absolute atomic E-state index is 14.1. The van der Waals surface area contributed by atoms with Gasteiger partial charge in [-0.05, 0) is 53.1 Å². The van der Waals surface area contributed by atoms with E-state index in [0.717, 1.165) is 11.1 Å². The number of methoxy groups -OCH3 is 1. The standard InChI is InChI=1S/C32H28N2O7/c1-37-25-11-7-22(8-12-25)18-34(30(35)15-21-5-3-2-4-6-21)31(23-9-13-26-28(16-23)40-19-38-26)32(36)33-24-10-14-27-29(17-24)41-20-39-27/h2-14,16-17,31H,15,18-20H2,1H3,(H,33,36). The van der Waals surface area contributed by atoms with E-state index in [1.165, 1.54) is 0 Å². The summed E-state index contributed by atoms with van der Waals surface area (Å²) < 4.78 is 27.3. The fourth-order valence-corrected chi connectivity index (χ4v) is 4.86. The lowest BCUT2D eigenvalue weighted by Crippen LogP contribution is -2.41. The van der Waals surface area contributed by atoms with Crippen LogP contribution in [0.1, 0.15) is 22.7 Å². The predicted molar refractivity (Wildman–Crippen MR) is 150 cm³/mol. The molecule has 0 bridgehead atoms. The van der Waals surface area contributed by atoms with Crippen molar-refractivity contribution in [3.8, 4) is 28.7 Å². The van der Waals surface area contributed by atoms with Crippen molar-refractivity contribution >= 4 is 17.5 Å². The van der Waals surface area contributed by atoms with Crippen molar-refractivity contribution in [1.82, 2.24) is 4.90 Å². The minimum atomic E-state index is -0.992. The Kier molecular flexibility index (Phi) is 7.32. The highest BCUT2D eigenvalue weighted by Crippen LogP contribution is 2.38. The topological polar surface area (TPSA) is 95.6 Å². The van der Waals surface area contributed by atoms with E-state index < -0.39 is 11.9 Å². The summed E-state index contributed by atoms with van der Waals surface area (Å²) in [6.07, 6.45) is 0.120. The first kappa shape index (κ1) is 26.1. The highest BCUT2D eigenvalue weighted by atomic mass is 16.7. The normalized spacial score (nSPS) is 13.4. The van der Waals surface area contributed by atoms with Crippen LogP contribution in [0.25, 0.3) is 0 Å². The summed E-state index contributed by atoms with van der Waals surface area (Å²) in [7, 11) is 1.60. The second kappa shape index (κ2) is 11.5. The van der Waals surface area contributed by atoms with Gasteiger partial charge in [-0.15, -0.1) is 0 Å². The van der Waals surface area contributed by atoms with Gasteiger partial charge in [-0.1, -0.05) is 48.5 Å². The van der Waals surface area contributed by atoms with E-state index >= 15 is 0 Å². The third kappa shape index (κ3) is 5.74. The number of fused-ring (bicyclic) bond motifs is 2. The fraction of sp³-hybridized carbons (Fsp3) is 0.188. The van der Waals surface area contributed by atoms with Crippen molar-refractivity contribution in [1.29, 1.82) is 0 Å². The molecular weight excluding hydrogens is 524 g/mol. The van der Waals surface area contributed by atoms with E-state index in [0.29, 0.717) is 40.0 Å². The molecule has 208 valence electrons. The SMILES string of the molecule is COc1ccc(CN(C(=O)Cc2ccccc2)C(C(=O)Nc2ccc3c(c2)OCO3)c2ccc3c(c2)OCO3)cc1. The average Bonchev–Trinajstić information content (AvgIpc) is 3.67. The van der Waals surface area contributed by atoms with Crippen molar-refractivity contribution in [3.63, 3.8) is 0 Å². The van der Waals surface area contributed by atoms with Gasteiger partial charge in [0.15, 0.2) is 23.0 Å². The van der Waals surface area contributed by atoms with E-state index in [9.17, 15) is 9.59 Å². The molecule has 2 heterocycles. The Bertz CT molecular complexity index is 1560. The Balaban J connectivity index is 1.38. The van der Waals surface area contributed by atoms with Gasteiger partial charge in [-0.2, -0.15) is 0 Å². The molecule has 0 saturated heterocycles. The van der Waals surface area contributed by atoms with E-state index in [-0.39, 0.29) is 32.5 Å². The fourth-order valence-electron chi connectivity index (χ4n) is 4.86. The zero-order valence-corrected chi connectivity index (χ0v) is 22.4. The van der Waals surface area contributed by atoms with E-state index in [1.807, 2.05) is 54.6 Å². The highest BCUT2D eigenvalue weighted by Gasteiger charge is 2.33. The number of hydrogen-bond acceptors (Lipinski definition) is 7. The first-order chi connectivity index (χ1) is 20.1. The third-order valence-corrected chi connectivity index (χ3v) is 6.94. The molecule has 1 N–H and O–H groups in total. The second-order valence-corrected chi connectivity index (χ2v) is 9.60. The van der Waals surface area contributed by atoms with Crippen LogP contribution in [0.15, 0.2) is 91.0 Å². The molecule has 0 fully saturated rings. The Morgan fingerprint density at radius 3 is 2.15 bits per heavy atom. The van der Waals surface area contributed by atoms with Crippen molar-refractivity contribution < 1.29 is 33.3 Å². The molecule has 0 saturated carbocycles. The molecule has 0 spiro atoms. The predicted octanol–water partition coefficient (Wildman–Crippen LogP) is 5.10. The first-order valence-electron chi connectivity index (χ1n) is 13.1. The summed E-state index contributed by atoms with van der Waals surface area (Å²) in [5.41, 5.74) is 2.79. The average molecular weight is 553 g/mol. The lowest BCUT2D eigenvalue weighted by molar-refractivity contribution is -0.139. The Morgan fingerprint density at radius 2 is 1.44 bits per heavy atom. The molecule has 6 rings (SSSR count).